The Balaban J connectivity index is 1.74. The normalized spacial score (nSPS) is 17.0. The van der Waals surface area contributed by atoms with Gasteiger partial charge in [-0.25, -0.2) is 0 Å². The van der Waals surface area contributed by atoms with Crippen molar-refractivity contribution in [2.75, 3.05) is 11.9 Å². The van der Waals surface area contributed by atoms with Crippen LogP contribution in [0.2, 0.25) is 0 Å². The number of fused-ring (bicyclic) bond motifs is 3. The first-order chi connectivity index (χ1) is 12.0. The van der Waals surface area contributed by atoms with E-state index in [9.17, 15) is 9.59 Å². The highest BCUT2D eigenvalue weighted by Crippen LogP contribution is 2.28. The predicted molar refractivity (Wildman–Crippen MR) is 92.8 cm³/mol. The molecule has 1 aromatic carbocycles. The molecule has 2 amide bonds. The number of rotatable bonds is 2. The van der Waals surface area contributed by atoms with Gasteiger partial charge in [0.1, 0.15) is 11.5 Å². The third-order valence-corrected chi connectivity index (χ3v) is 4.49. The molecule has 7 nitrogen and oxygen atoms in total. The summed E-state index contributed by atoms with van der Waals surface area (Å²) in [6.07, 6.45) is 0.844. The zero-order chi connectivity index (χ0) is 17.6. The van der Waals surface area contributed by atoms with Crippen LogP contribution in [0, 0.1) is 6.92 Å². The Bertz CT molecular complexity index is 986. The van der Waals surface area contributed by atoms with Crippen molar-refractivity contribution < 1.29 is 14.1 Å². The van der Waals surface area contributed by atoms with Crippen LogP contribution >= 0.6 is 0 Å². The van der Waals surface area contributed by atoms with Crippen LogP contribution in [-0.4, -0.2) is 28.1 Å². The molecule has 25 heavy (non-hydrogen) atoms. The Hall–Kier alpha value is -3.09. The lowest BCUT2D eigenvalue weighted by molar-refractivity contribution is 0.0950. The van der Waals surface area contributed by atoms with E-state index in [-0.39, 0.29) is 17.9 Å². The van der Waals surface area contributed by atoms with Crippen molar-refractivity contribution in [3.63, 3.8) is 0 Å². The molecule has 2 aromatic heterocycles. The minimum Gasteiger partial charge on any atom is -0.360 e. The lowest BCUT2D eigenvalue weighted by Crippen LogP contribution is -2.22. The fourth-order valence-corrected chi connectivity index (χ4v) is 3.24. The van der Waals surface area contributed by atoms with Gasteiger partial charge in [-0.2, -0.15) is 0 Å². The lowest BCUT2D eigenvalue weighted by atomic mass is 10.1. The van der Waals surface area contributed by atoms with Crippen LogP contribution in [0.15, 0.2) is 34.9 Å². The molecule has 0 saturated heterocycles. The Morgan fingerprint density at radius 3 is 2.96 bits per heavy atom. The van der Waals surface area contributed by atoms with Crippen LogP contribution < -0.4 is 10.6 Å². The third kappa shape index (κ3) is 2.67. The van der Waals surface area contributed by atoms with E-state index in [4.69, 9.17) is 4.52 Å². The first-order valence-electron chi connectivity index (χ1n) is 8.21. The van der Waals surface area contributed by atoms with Crippen LogP contribution in [0.25, 0.3) is 10.9 Å². The Morgan fingerprint density at radius 2 is 2.20 bits per heavy atom. The molecule has 0 radical (unpaired) electrons. The van der Waals surface area contributed by atoms with Crippen molar-refractivity contribution >= 4 is 28.5 Å². The number of benzene rings is 1. The van der Waals surface area contributed by atoms with E-state index in [0.717, 1.165) is 17.3 Å². The van der Waals surface area contributed by atoms with E-state index in [1.54, 1.807) is 19.1 Å². The Kier molecular flexibility index (Phi) is 3.56. The van der Waals surface area contributed by atoms with Crippen LogP contribution in [0.1, 0.15) is 46.0 Å². The standard InChI is InChI=1S/C18H18N4O3/c1-10-5-6-19-18(24)15-8-12-3-4-13(9-14(12)22(10)15)17(23)20-16-7-11(2)25-21-16/h3-4,7-10H,5-6H2,1-2H3,(H,19,24)(H,20,21,23)/t10-/m0/s1. The number of amides is 2. The molecule has 0 saturated carbocycles. The highest BCUT2D eigenvalue weighted by molar-refractivity contribution is 6.07. The van der Waals surface area contributed by atoms with Gasteiger partial charge in [0, 0.05) is 35.1 Å². The van der Waals surface area contributed by atoms with Gasteiger partial charge in [0.05, 0.1) is 0 Å². The zero-order valence-corrected chi connectivity index (χ0v) is 14.0. The number of hydrogen-bond donors (Lipinski definition) is 2. The van der Waals surface area contributed by atoms with Gasteiger partial charge in [-0.1, -0.05) is 11.2 Å². The van der Waals surface area contributed by atoms with E-state index < -0.39 is 0 Å². The predicted octanol–water partition coefficient (Wildman–Crippen LogP) is 2.88. The molecule has 0 aliphatic carbocycles. The van der Waals surface area contributed by atoms with Crippen LogP contribution in [0.4, 0.5) is 5.82 Å². The molecular formula is C18H18N4O3. The van der Waals surface area contributed by atoms with Gasteiger partial charge in [-0.3, -0.25) is 9.59 Å². The number of hydrogen-bond acceptors (Lipinski definition) is 4. The van der Waals surface area contributed by atoms with Gasteiger partial charge in [0.15, 0.2) is 5.82 Å². The molecule has 0 fully saturated rings. The molecule has 0 bridgehead atoms. The average Bonchev–Trinajstić information content (AvgIpc) is 3.13. The van der Waals surface area contributed by atoms with Crippen molar-refractivity contribution in [3.05, 3.63) is 47.3 Å². The SMILES string of the molecule is Cc1cc(NC(=O)c2ccc3cc4n(c3c2)[C@@H](C)CCNC4=O)no1. The molecule has 128 valence electrons. The van der Waals surface area contributed by atoms with E-state index in [1.807, 2.05) is 22.8 Å². The zero-order valence-electron chi connectivity index (χ0n) is 14.0. The molecule has 3 heterocycles. The van der Waals surface area contributed by atoms with Crippen LogP contribution in [0.5, 0.6) is 0 Å². The summed E-state index contributed by atoms with van der Waals surface area (Å²) in [6, 6.07) is 9.12. The minimum absolute atomic E-state index is 0.0791. The number of aromatic nitrogens is 2. The van der Waals surface area contributed by atoms with Crippen molar-refractivity contribution in [2.45, 2.75) is 26.3 Å². The molecule has 0 spiro atoms. The second-order valence-corrected chi connectivity index (χ2v) is 6.34. The Labute approximate surface area is 144 Å². The maximum Gasteiger partial charge on any atom is 0.267 e. The van der Waals surface area contributed by atoms with Gasteiger partial charge in [0.25, 0.3) is 11.8 Å². The number of carbonyl (C=O) groups excluding carboxylic acids is 2. The molecule has 1 aliphatic rings. The molecule has 0 unspecified atom stereocenters. The Morgan fingerprint density at radius 1 is 1.36 bits per heavy atom. The molecule has 2 N–H and O–H groups in total. The molecule has 1 aliphatic heterocycles. The lowest BCUT2D eigenvalue weighted by Gasteiger charge is -2.14. The van der Waals surface area contributed by atoms with Crippen LogP contribution in [-0.2, 0) is 0 Å². The largest absolute Gasteiger partial charge is 0.360 e. The third-order valence-electron chi connectivity index (χ3n) is 4.49. The fraction of sp³-hybridized carbons (Fsp3) is 0.278. The maximum absolute atomic E-state index is 12.5. The van der Waals surface area contributed by atoms with E-state index in [0.29, 0.717) is 29.4 Å². The summed E-state index contributed by atoms with van der Waals surface area (Å²) in [7, 11) is 0. The topological polar surface area (TPSA) is 89.2 Å². The van der Waals surface area contributed by atoms with Gasteiger partial charge in [-0.15, -0.1) is 0 Å². The second-order valence-electron chi connectivity index (χ2n) is 6.34. The van der Waals surface area contributed by atoms with Crippen molar-refractivity contribution in [1.29, 1.82) is 0 Å². The monoisotopic (exact) mass is 338 g/mol. The van der Waals surface area contributed by atoms with Crippen molar-refractivity contribution in [3.8, 4) is 0 Å². The van der Waals surface area contributed by atoms with E-state index in [2.05, 4.69) is 22.7 Å². The fourth-order valence-electron chi connectivity index (χ4n) is 3.24. The summed E-state index contributed by atoms with van der Waals surface area (Å²) < 4.78 is 6.97. The second kappa shape index (κ2) is 5.77. The molecule has 3 aromatic rings. The summed E-state index contributed by atoms with van der Waals surface area (Å²) in [5.41, 5.74) is 2.01. The summed E-state index contributed by atoms with van der Waals surface area (Å²) in [5.74, 6) is 0.660. The number of nitrogens with one attached hydrogen (secondary N) is 2. The minimum atomic E-state index is -0.267. The first kappa shape index (κ1) is 15.4. The average molecular weight is 338 g/mol. The first-order valence-corrected chi connectivity index (χ1v) is 8.21. The smallest absolute Gasteiger partial charge is 0.267 e. The molecule has 7 heteroatoms. The van der Waals surface area contributed by atoms with Crippen LogP contribution in [0.3, 0.4) is 0 Å². The van der Waals surface area contributed by atoms with Crippen molar-refractivity contribution in [2.24, 2.45) is 0 Å². The molecule has 4 rings (SSSR count). The number of carbonyl (C=O) groups is 2. The summed E-state index contributed by atoms with van der Waals surface area (Å²) in [6.45, 7) is 4.49. The van der Waals surface area contributed by atoms with Gasteiger partial charge >= 0.3 is 0 Å². The highest BCUT2D eigenvalue weighted by Gasteiger charge is 2.23. The summed E-state index contributed by atoms with van der Waals surface area (Å²) in [4.78, 5) is 24.7. The summed E-state index contributed by atoms with van der Waals surface area (Å²) >= 11 is 0. The number of nitrogens with zero attached hydrogens (tertiary/aromatic N) is 2. The van der Waals surface area contributed by atoms with Crippen molar-refractivity contribution in [1.82, 2.24) is 15.0 Å². The summed E-state index contributed by atoms with van der Waals surface area (Å²) in [5, 5.41) is 10.3. The number of anilines is 1. The van der Waals surface area contributed by atoms with E-state index >= 15 is 0 Å². The van der Waals surface area contributed by atoms with Gasteiger partial charge in [0.2, 0.25) is 0 Å². The maximum atomic E-state index is 12.5. The van der Waals surface area contributed by atoms with Gasteiger partial charge in [-0.05, 0) is 38.5 Å². The quantitative estimate of drug-likeness (QED) is 0.752. The number of aryl methyl sites for hydroxylation is 1. The van der Waals surface area contributed by atoms with E-state index in [1.165, 1.54) is 0 Å². The van der Waals surface area contributed by atoms with Gasteiger partial charge < -0.3 is 19.7 Å². The molecular weight excluding hydrogens is 320 g/mol. The molecule has 1 atom stereocenters. The highest BCUT2D eigenvalue weighted by atomic mass is 16.5.